The number of hydrogen-bond acceptors (Lipinski definition) is 6. The first-order chi connectivity index (χ1) is 13.5. The molecular formula is C17H25N5O6S. The van der Waals surface area contributed by atoms with Crippen molar-refractivity contribution in [2.24, 2.45) is 0 Å². The van der Waals surface area contributed by atoms with Crippen molar-refractivity contribution in [2.75, 3.05) is 13.1 Å². The van der Waals surface area contributed by atoms with Gasteiger partial charge in [-0.1, -0.05) is 20.8 Å². The van der Waals surface area contributed by atoms with Crippen LogP contribution in [0.4, 0.5) is 4.79 Å². The van der Waals surface area contributed by atoms with Gasteiger partial charge >= 0.3 is 6.03 Å². The highest BCUT2D eigenvalue weighted by atomic mass is 32.2. The zero-order valence-electron chi connectivity index (χ0n) is 16.8. The lowest BCUT2D eigenvalue weighted by Gasteiger charge is -2.20. The fraction of sp³-hybridized carbons (Fsp3) is 0.529. The number of carbonyl (C=O) groups is 3. The first-order valence-corrected chi connectivity index (χ1v) is 10.6. The van der Waals surface area contributed by atoms with Gasteiger partial charge in [0.05, 0.1) is 4.90 Å². The molecule has 2 N–H and O–H groups in total. The van der Waals surface area contributed by atoms with Crippen molar-refractivity contribution in [3.05, 3.63) is 28.7 Å². The molecule has 1 aliphatic rings. The minimum Gasteiger partial charge on any atom is -0.322 e. The van der Waals surface area contributed by atoms with Crippen molar-refractivity contribution in [1.82, 2.24) is 24.6 Å². The van der Waals surface area contributed by atoms with Crippen molar-refractivity contribution < 1.29 is 22.8 Å². The third-order valence-electron chi connectivity index (χ3n) is 4.82. The highest BCUT2D eigenvalue weighted by Crippen LogP contribution is 2.19. The van der Waals surface area contributed by atoms with Gasteiger partial charge in [-0.15, -0.1) is 0 Å². The molecule has 1 aromatic heterocycles. The summed E-state index contributed by atoms with van der Waals surface area (Å²) in [4.78, 5) is 48.5. The van der Waals surface area contributed by atoms with Crippen LogP contribution in [0.5, 0.6) is 0 Å². The molecule has 12 heteroatoms. The number of rotatable bonds is 8. The van der Waals surface area contributed by atoms with Gasteiger partial charge in [-0.05, 0) is 19.4 Å². The van der Waals surface area contributed by atoms with Crippen molar-refractivity contribution in [1.29, 1.82) is 0 Å². The first kappa shape index (κ1) is 22.6. The molecule has 0 unspecified atom stereocenters. The van der Waals surface area contributed by atoms with Crippen molar-refractivity contribution in [2.45, 2.75) is 51.1 Å². The molecule has 0 bridgehead atoms. The van der Waals surface area contributed by atoms with Crippen molar-refractivity contribution in [3.63, 3.8) is 0 Å². The third-order valence-corrected chi connectivity index (χ3v) is 6.85. The summed E-state index contributed by atoms with van der Waals surface area (Å²) in [5, 5.41) is 3.05. The standard InChI is InChI=1S/C17H25N5O6S/c1-5-17(4)15(25)22(16(26)18-17)19-13(23)11-20-10-12(8-9-14(20)24)29(27,28)21(6-2)7-3/h8-10H,5-7,11H2,1-4H3,(H,18,26)(H,19,23)/t17-/m0/s1. The van der Waals surface area contributed by atoms with E-state index in [9.17, 15) is 27.6 Å². The number of carbonyl (C=O) groups excluding carboxylic acids is 3. The number of nitrogens with zero attached hydrogens (tertiary/aromatic N) is 3. The summed E-state index contributed by atoms with van der Waals surface area (Å²) in [6.45, 7) is 6.55. The van der Waals surface area contributed by atoms with Crippen LogP contribution in [0, 0.1) is 0 Å². The van der Waals surface area contributed by atoms with E-state index in [-0.39, 0.29) is 18.0 Å². The molecule has 160 valence electrons. The fourth-order valence-electron chi connectivity index (χ4n) is 2.84. The van der Waals surface area contributed by atoms with E-state index in [0.29, 0.717) is 11.4 Å². The van der Waals surface area contributed by atoms with Gasteiger partial charge in [0.15, 0.2) is 0 Å². The molecule has 0 aromatic carbocycles. The number of nitrogens with one attached hydrogen (secondary N) is 2. The second kappa shape index (κ2) is 8.33. The summed E-state index contributed by atoms with van der Waals surface area (Å²) in [6, 6.07) is 1.44. The number of hydrazine groups is 1. The summed E-state index contributed by atoms with van der Waals surface area (Å²) < 4.78 is 27.4. The summed E-state index contributed by atoms with van der Waals surface area (Å²) in [5.74, 6) is -1.45. The first-order valence-electron chi connectivity index (χ1n) is 9.17. The zero-order valence-corrected chi connectivity index (χ0v) is 17.6. The number of hydrogen-bond donors (Lipinski definition) is 2. The highest BCUT2D eigenvalue weighted by molar-refractivity contribution is 7.89. The van der Waals surface area contributed by atoms with Crippen LogP contribution >= 0.6 is 0 Å². The van der Waals surface area contributed by atoms with E-state index in [1.807, 2.05) is 0 Å². The summed E-state index contributed by atoms with van der Waals surface area (Å²) >= 11 is 0. The number of pyridine rings is 1. The minimum absolute atomic E-state index is 0.137. The van der Waals surface area contributed by atoms with Crippen LogP contribution in [0.15, 0.2) is 28.0 Å². The summed E-state index contributed by atoms with van der Waals surface area (Å²) in [7, 11) is -3.82. The Kier molecular flexibility index (Phi) is 6.48. The Balaban J connectivity index is 2.22. The number of urea groups is 1. The topological polar surface area (TPSA) is 138 Å². The lowest BCUT2D eigenvalue weighted by atomic mass is 10.00. The number of imide groups is 1. The van der Waals surface area contributed by atoms with Gasteiger partial charge in [0.2, 0.25) is 10.0 Å². The minimum atomic E-state index is -3.82. The monoisotopic (exact) mass is 427 g/mol. The van der Waals surface area contributed by atoms with Gasteiger partial charge in [-0.2, -0.15) is 9.31 Å². The third kappa shape index (κ3) is 4.32. The predicted octanol–water partition coefficient (Wildman–Crippen LogP) is -0.369. The van der Waals surface area contributed by atoms with Gasteiger partial charge in [0.25, 0.3) is 17.4 Å². The maximum Gasteiger partial charge on any atom is 0.344 e. The van der Waals surface area contributed by atoms with Crippen molar-refractivity contribution >= 4 is 27.9 Å². The van der Waals surface area contributed by atoms with Gasteiger partial charge < -0.3 is 9.88 Å². The second-order valence-corrected chi connectivity index (χ2v) is 8.65. The van der Waals surface area contributed by atoms with Crippen LogP contribution in [0.25, 0.3) is 0 Å². The van der Waals surface area contributed by atoms with Gasteiger partial charge in [-0.3, -0.25) is 19.8 Å². The van der Waals surface area contributed by atoms with Crippen LogP contribution in [0.3, 0.4) is 0 Å². The van der Waals surface area contributed by atoms with E-state index >= 15 is 0 Å². The van der Waals surface area contributed by atoms with Crippen LogP contribution in [0.2, 0.25) is 0 Å². The summed E-state index contributed by atoms with van der Waals surface area (Å²) in [6.07, 6.45) is 1.40. The molecule has 0 spiro atoms. The molecule has 0 saturated carbocycles. The highest BCUT2D eigenvalue weighted by Gasteiger charge is 2.47. The maximum absolute atomic E-state index is 12.6. The Hall–Kier alpha value is -2.73. The van der Waals surface area contributed by atoms with E-state index in [2.05, 4.69) is 10.7 Å². The van der Waals surface area contributed by atoms with Crippen LogP contribution < -0.4 is 16.3 Å². The Morgan fingerprint density at radius 3 is 2.31 bits per heavy atom. The summed E-state index contributed by atoms with van der Waals surface area (Å²) in [5.41, 5.74) is 0.432. The van der Waals surface area contributed by atoms with E-state index in [4.69, 9.17) is 0 Å². The lowest BCUT2D eigenvalue weighted by molar-refractivity contribution is -0.139. The molecule has 1 fully saturated rings. The molecule has 11 nitrogen and oxygen atoms in total. The van der Waals surface area contributed by atoms with Gasteiger partial charge in [0.1, 0.15) is 12.1 Å². The molecule has 2 heterocycles. The number of amides is 4. The maximum atomic E-state index is 12.6. The van der Waals surface area contributed by atoms with Gasteiger partial charge in [-0.25, -0.2) is 13.2 Å². The average molecular weight is 427 g/mol. The molecule has 1 saturated heterocycles. The average Bonchev–Trinajstić information content (AvgIpc) is 2.87. The predicted molar refractivity (Wildman–Crippen MR) is 103 cm³/mol. The number of sulfonamides is 1. The zero-order chi connectivity index (χ0) is 22.0. The van der Waals surface area contributed by atoms with E-state index < -0.39 is 45.5 Å². The van der Waals surface area contributed by atoms with Crippen molar-refractivity contribution in [3.8, 4) is 0 Å². The Morgan fingerprint density at radius 2 is 1.79 bits per heavy atom. The van der Waals surface area contributed by atoms with Crippen LogP contribution in [0.1, 0.15) is 34.1 Å². The van der Waals surface area contributed by atoms with E-state index in [1.54, 1.807) is 20.8 Å². The molecule has 2 rings (SSSR count). The van der Waals surface area contributed by atoms with Crippen LogP contribution in [-0.2, 0) is 26.2 Å². The van der Waals surface area contributed by atoms with E-state index in [0.717, 1.165) is 16.8 Å². The van der Waals surface area contributed by atoms with Gasteiger partial charge in [0, 0.05) is 25.4 Å². The van der Waals surface area contributed by atoms with E-state index in [1.165, 1.54) is 17.3 Å². The van der Waals surface area contributed by atoms with Crippen LogP contribution in [-0.4, -0.2) is 58.8 Å². The normalized spacial score (nSPS) is 19.6. The molecule has 0 radical (unpaired) electrons. The molecule has 1 aliphatic heterocycles. The molecule has 1 aromatic rings. The quantitative estimate of drug-likeness (QED) is 0.543. The second-order valence-electron chi connectivity index (χ2n) is 6.71. The smallest absolute Gasteiger partial charge is 0.322 e. The Morgan fingerprint density at radius 1 is 1.17 bits per heavy atom. The molecule has 29 heavy (non-hydrogen) atoms. The molecule has 4 amide bonds. The fourth-order valence-corrected chi connectivity index (χ4v) is 4.32. The molecular weight excluding hydrogens is 402 g/mol. The number of aromatic nitrogens is 1. The molecule has 1 atom stereocenters. The Labute approximate surface area is 168 Å². The SMILES string of the molecule is CCN(CC)S(=O)(=O)c1ccc(=O)n(CC(=O)NN2C(=O)N[C@@](C)(CC)C2=O)c1. The largest absolute Gasteiger partial charge is 0.344 e. The lowest BCUT2D eigenvalue weighted by Crippen LogP contribution is -2.49. The molecule has 0 aliphatic carbocycles. The Bertz CT molecular complexity index is 984.